The first kappa shape index (κ1) is 18.1. The lowest BCUT2D eigenvalue weighted by Crippen LogP contribution is -2.20. The van der Waals surface area contributed by atoms with Crippen LogP contribution in [0.4, 0.5) is 10.7 Å². The second-order valence-electron chi connectivity index (χ2n) is 6.57. The zero-order chi connectivity index (χ0) is 18.8. The van der Waals surface area contributed by atoms with Crippen molar-refractivity contribution in [3.63, 3.8) is 0 Å². The molecule has 1 unspecified atom stereocenters. The fourth-order valence-corrected chi connectivity index (χ4v) is 4.62. The lowest BCUT2D eigenvalue weighted by Gasteiger charge is -2.18. The molecule has 1 aromatic heterocycles. The zero-order valence-electron chi connectivity index (χ0n) is 14.3. The summed E-state index contributed by atoms with van der Waals surface area (Å²) in [4.78, 5) is 35.6. The molecule has 0 bridgehead atoms. The van der Waals surface area contributed by atoms with E-state index in [1.807, 2.05) is 0 Å². The second kappa shape index (κ2) is 7.25. The standard InChI is InChI=1S/C18H19N3O4S/c1-10-2-7-13-14(8-10)26-18(16(13)17(19)23)20-15(22)9-11-3-5-12(6-4-11)21(24)25/h3-6,10H,2,7-9H2,1H3,(H2,19,23)(H,20,22). The Kier molecular flexibility index (Phi) is 5.03. The van der Waals surface area contributed by atoms with Crippen molar-refractivity contribution in [1.29, 1.82) is 0 Å². The minimum absolute atomic E-state index is 0.0229. The molecule has 1 atom stereocenters. The van der Waals surface area contributed by atoms with Crippen LogP contribution in [0.15, 0.2) is 24.3 Å². The topological polar surface area (TPSA) is 115 Å². The Morgan fingerprint density at radius 2 is 2.04 bits per heavy atom. The third kappa shape index (κ3) is 3.75. The van der Waals surface area contributed by atoms with Crippen LogP contribution < -0.4 is 11.1 Å². The number of primary amides is 1. The lowest BCUT2D eigenvalue weighted by atomic mass is 9.88. The average molecular weight is 373 g/mol. The number of nitro benzene ring substituents is 1. The van der Waals surface area contributed by atoms with E-state index in [4.69, 9.17) is 5.73 Å². The fourth-order valence-electron chi connectivity index (χ4n) is 3.19. The van der Waals surface area contributed by atoms with Gasteiger partial charge in [0.15, 0.2) is 0 Å². The van der Waals surface area contributed by atoms with Crippen LogP contribution >= 0.6 is 11.3 Å². The molecule has 0 aliphatic heterocycles. The van der Waals surface area contributed by atoms with Gasteiger partial charge in [-0.05, 0) is 36.3 Å². The van der Waals surface area contributed by atoms with Crippen LogP contribution in [0.5, 0.6) is 0 Å². The number of carbonyl (C=O) groups excluding carboxylic acids is 2. The highest BCUT2D eigenvalue weighted by Crippen LogP contribution is 2.39. The van der Waals surface area contributed by atoms with E-state index in [-0.39, 0.29) is 18.0 Å². The van der Waals surface area contributed by atoms with E-state index in [0.29, 0.717) is 22.0 Å². The molecule has 3 rings (SSSR count). The van der Waals surface area contributed by atoms with Crippen LogP contribution in [0, 0.1) is 16.0 Å². The van der Waals surface area contributed by atoms with Crippen LogP contribution in [0.3, 0.4) is 0 Å². The number of benzene rings is 1. The average Bonchev–Trinajstić information content (AvgIpc) is 2.91. The molecule has 0 fully saturated rings. The van der Waals surface area contributed by atoms with Crippen molar-refractivity contribution in [3.05, 3.63) is 55.9 Å². The molecule has 26 heavy (non-hydrogen) atoms. The Morgan fingerprint density at radius 1 is 1.35 bits per heavy atom. The van der Waals surface area contributed by atoms with Gasteiger partial charge in [0.05, 0.1) is 16.9 Å². The van der Waals surface area contributed by atoms with Crippen molar-refractivity contribution in [1.82, 2.24) is 0 Å². The fraction of sp³-hybridized carbons (Fsp3) is 0.333. The van der Waals surface area contributed by atoms with Crippen molar-refractivity contribution >= 4 is 33.8 Å². The van der Waals surface area contributed by atoms with Crippen molar-refractivity contribution in [2.24, 2.45) is 11.7 Å². The first-order valence-corrected chi connectivity index (χ1v) is 9.14. The number of nitro groups is 1. The van der Waals surface area contributed by atoms with E-state index >= 15 is 0 Å². The van der Waals surface area contributed by atoms with Gasteiger partial charge in [-0.25, -0.2) is 0 Å². The molecule has 3 N–H and O–H groups in total. The van der Waals surface area contributed by atoms with Gasteiger partial charge in [-0.3, -0.25) is 19.7 Å². The Labute approximate surface area is 154 Å². The van der Waals surface area contributed by atoms with Crippen molar-refractivity contribution < 1.29 is 14.5 Å². The SMILES string of the molecule is CC1CCc2c(sc(NC(=O)Cc3ccc([N+](=O)[O-])cc3)c2C(N)=O)C1. The van der Waals surface area contributed by atoms with Crippen LogP contribution in [0.2, 0.25) is 0 Å². The molecule has 7 nitrogen and oxygen atoms in total. The van der Waals surface area contributed by atoms with E-state index in [2.05, 4.69) is 12.2 Å². The normalized spacial score (nSPS) is 16.0. The summed E-state index contributed by atoms with van der Waals surface area (Å²) < 4.78 is 0. The number of fused-ring (bicyclic) bond motifs is 1. The highest BCUT2D eigenvalue weighted by Gasteiger charge is 2.27. The molecule has 2 amide bonds. The minimum atomic E-state index is -0.525. The number of carbonyl (C=O) groups is 2. The zero-order valence-corrected chi connectivity index (χ0v) is 15.1. The van der Waals surface area contributed by atoms with Crippen LogP contribution in [-0.2, 0) is 24.1 Å². The van der Waals surface area contributed by atoms with E-state index in [0.717, 1.165) is 29.7 Å². The number of nitrogens with two attached hydrogens (primary N) is 1. The van der Waals surface area contributed by atoms with Crippen molar-refractivity contribution in [3.8, 4) is 0 Å². The molecular weight excluding hydrogens is 354 g/mol. The van der Waals surface area contributed by atoms with Gasteiger partial charge in [-0.15, -0.1) is 11.3 Å². The number of anilines is 1. The Hall–Kier alpha value is -2.74. The van der Waals surface area contributed by atoms with Crippen LogP contribution in [0.1, 0.15) is 39.7 Å². The van der Waals surface area contributed by atoms with Crippen molar-refractivity contribution in [2.75, 3.05) is 5.32 Å². The maximum atomic E-state index is 12.4. The van der Waals surface area contributed by atoms with Gasteiger partial charge < -0.3 is 11.1 Å². The smallest absolute Gasteiger partial charge is 0.269 e. The number of hydrogen-bond acceptors (Lipinski definition) is 5. The van der Waals surface area contributed by atoms with E-state index < -0.39 is 10.8 Å². The molecule has 1 aromatic carbocycles. The second-order valence-corrected chi connectivity index (χ2v) is 7.67. The van der Waals surface area contributed by atoms with Gasteiger partial charge in [0.25, 0.3) is 11.6 Å². The van der Waals surface area contributed by atoms with Gasteiger partial charge in [0.2, 0.25) is 5.91 Å². The largest absolute Gasteiger partial charge is 0.365 e. The van der Waals surface area contributed by atoms with Gasteiger partial charge in [0.1, 0.15) is 5.00 Å². The molecule has 1 aliphatic carbocycles. The minimum Gasteiger partial charge on any atom is -0.365 e. The Bertz CT molecular complexity index is 873. The lowest BCUT2D eigenvalue weighted by molar-refractivity contribution is -0.384. The third-order valence-electron chi connectivity index (χ3n) is 4.52. The highest BCUT2D eigenvalue weighted by atomic mass is 32.1. The van der Waals surface area contributed by atoms with E-state index in [1.54, 1.807) is 12.1 Å². The summed E-state index contributed by atoms with van der Waals surface area (Å²) >= 11 is 1.42. The quantitative estimate of drug-likeness (QED) is 0.619. The van der Waals surface area contributed by atoms with Gasteiger partial charge in [-0.2, -0.15) is 0 Å². The maximum Gasteiger partial charge on any atom is 0.269 e. The predicted octanol–water partition coefficient (Wildman–Crippen LogP) is 3.06. The number of amides is 2. The maximum absolute atomic E-state index is 12.4. The summed E-state index contributed by atoms with van der Waals surface area (Å²) in [6.45, 7) is 2.17. The summed E-state index contributed by atoms with van der Waals surface area (Å²) in [5.41, 5.74) is 7.57. The van der Waals surface area contributed by atoms with E-state index in [9.17, 15) is 19.7 Å². The van der Waals surface area contributed by atoms with E-state index in [1.165, 1.54) is 23.5 Å². The molecule has 1 heterocycles. The van der Waals surface area contributed by atoms with Gasteiger partial charge in [-0.1, -0.05) is 19.1 Å². The number of nitrogens with one attached hydrogen (secondary N) is 1. The Morgan fingerprint density at radius 3 is 2.65 bits per heavy atom. The molecule has 2 aromatic rings. The molecule has 0 saturated heterocycles. The van der Waals surface area contributed by atoms with Gasteiger partial charge in [0, 0.05) is 17.0 Å². The summed E-state index contributed by atoms with van der Waals surface area (Å²) in [6.07, 6.45) is 2.75. The number of thiophene rings is 1. The monoisotopic (exact) mass is 373 g/mol. The number of nitrogens with zero attached hydrogens (tertiary/aromatic N) is 1. The summed E-state index contributed by atoms with van der Waals surface area (Å²) in [5, 5.41) is 14.0. The molecule has 8 heteroatoms. The third-order valence-corrected chi connectivity index (χ3v) is 5.69. The summed E-state index contributed by atoms with van der Waals surface area (Å²) in [5.74, 6) is -0.263. The first-order valence-electron chi connectivity index (χ1n) is 8.32. The molecule has 0 saturated carbocycles. The number of hydrogen-bond donors (Lipinski definition) is 2. The molecule has 1 aliphatic rings. The molecule has 0 spiro atoms. The van der Waals surface area contributed by atoms with Crippen LogP contribution in [-0.4, -0.2) is 16.7 Å². The summed E-state index contributed by atoms with van der Waals surface area (Å²) in [7, 11) is 0. The Balaban J connectivity index is 1.77. The van der Waals surface area contributed by atoms with Crippen LogP contribution in [0.25, 0.3) is 0 Å². The first-order chi connectivity index (χ1) is 12.3. The van der Waals surface area contributed by atoms with Gasteiger partial charge >= 0.3 is 0 Å². The molecule has 0 radical (unpaired) electrons. The summed E-state index contributed by atoms with van der Waals surface area (Å²) in [6, 6.07) is 5.83. The predicted molar refractivity (Wildman–Crippen MR) is 99.5 cm³/mol. The molecular formula is C18H19N3O4S. The van der Waals surface area contributed by atoms with Crippen molar-refractivity contribution in [2.45, 2.75) is 32.6 Å². The highest BCUT2D eigenvalue weighted by molar-refractivity contribution is 7.17. The number of non-ortho nitro benzene ring substituents is 1. The number of rotatable bonds is 5. The molecule has 136 valence electrons.